The molecule has 0 aliphatic rings. The smallest absolute Gasteiger partial charge is 0.331 e. The number of carbonyl (C=O) groups is 2. The zero-order valence-electron chi connectivity index (χ0n) is 15.8. The standard InChI is InChI=1S/C22H20O6S/c1-2-26-14-28-20-11-15(12-21-18(20)9-10-29-21)3-8-22(25)27-13-19(24)16-4-6-17(23)7-5-16/h3-12,23H,2,13-14H2,1H3/b8-3+. The van der Waals surface area contributed by atoms with E-state index < -0.39 is 5.97 Å². The second-order valence-electron chi connectivity index (χ2n) is 6.02. The van der Waals surface area contributed by atoms with E-state index in [0.29, 0.717) is 17.9 Å². The summed E-state index contributed by atoms with van der Waals surface area (Å²) in [5.41, 5.74) is 1.13. The first-order chi connectivity index (χ1) is 14.1. The van der Waals surface area contributed by atoms with Crippen molar-refractivity contribution in [2.75, 3.05) is 20.0 Å². The van der Waals surface area contributed by atoms with Crippen molar-refractivity contribution >= 4 is 39.3 Å². The SMILES string of the molecule is CCOCOc1cc(/C=C/C(=O)OCC(=O)c2ccc(O)cc2)cc2sccc12. The lowest BCUT2D eigenvalue weighted by atomic mass is 10.1. The topological polar surface area (TPSA) is 82.1 Å². The van der Waals surface area contributed by atoms with Crippen molar-refractivity contribution < 1.29 is 28.9 Å². The number of ketones is 1. The number of phenolic OH excluding ortho intramolecular Hbond substituents is 1. The van der Waals surface area contributed by atoms with Crippen LogP contribution in [0.3, 0.4) is 0 Å². The molecule has 1 heterocycles. The molecule has 0 bridgehead atoms. The summed E-state index contributed by atoms with van der Waals surface area (Å²) in [6.07, 6.45) is 2.88. The maximum absolute atomic E-state index is 12.0. The number of esters is 1. The highest BCUT2D eigenvalue weighted by Gasteiger charge is 2.09. The molecule has 1 aromatic heterocycles. The van der Waals surface area contributed by atoms with Gasteiger partial charge in [0.1, 0.15) is 11.5 Å². The lowest BCUT2D eigenvalue weighted by Gasteiger charge is -2.08. The number of fused-ring (bicyclic) bond motifs is 1. The van der Waals surface area contributed by atoms with Gasteiger partial charge in [-0.1, -0.05) is 0 Å². The van der Waals surface area contributed by atoms with Crippen molar-refractivity contribution in [3.05, 3.63) is 65.0 Å². The molecule has 0 unspecified atom stereocenters. The van der Waals surface area contributed by atoms with Gasteiger partial charge >= 0.3 is 5.97 Å². The molecule has 0 amide bonds. The summed E-state index contributed by atoms with van der Waals surface area (Å²) in [6.45, 7) is 2.22. The molecule has 0 saturated heterocycles. The summed E-state index contributed by atoms with van der Waals surface area (Å²) in [4.78, 5) is 24.0. The fraction of sp³-hybridized carbons (Fsp3) is 0.182. The maximum atomic E-state index is 12.0. The summed E-state index contributed by atoms with van der Waals surface area (Å²) >= 11 is 1.57. The molecular formula is C22H20O6S. The molecule has 7 heteroatoms. The highest BCUT2D eigenvalue weighted by Crippen LogP contribution is 2.32. The van der Waals surface area contributed by atoms with Gasteiger partial charge in [0.15, 0.2) is 19.2 Å². The monoisotopic (exact) mass is 412 g/mol. The van der Waals surface area contributed by atoms with Crippen LogP contribution >= 0.6 is 11.3 Å². The van der Waals surface area contributed by atoms with Crippen LogP contribution in [0.5, 0.6) is 11.5 Å². The average molecular weight is 412 g/mol. The first kappa shape index (κ1) is 20.6. The van der Waals surface area contributed by atoms with E-state index in [2.05, 4.69) is 0 Å². The number of rotatable bonds is 9. The first-order valence-electron chi connectivity index (χ1n) is 8.95. The Balaban J connectivity index is 1.62. The fourth-order valence-electron chi connectivity index (χ4n) is 2.54. The van der Waals surface area contributed by atoms with Gasteiger partial charge in [-0.2, -0.15) is 0 Å². The molecule has 1 N–H and O–H groups in total. The van der Waals surface area contributed by atoms with Crippen LogP contribution in [0.15, 0.2) is 53.9 Å². The number of phenols is 1. The van der Waals surface area contributed by atoms with Gasteiger partial charge in [0.25, 0.3) is 0 Å². The molecule has 0 radical (unpaired) electrons. The largest absolute Gasteiger partial charge is 0.508 e. The van der Waals surface area contributed by atoms with Crippen molar-refractivity contribution in [3.8, 4) is 11.5 Å². The molecule has 150 valence electrons. The highest BCUT2D eigenvalue weighted by atomic mass is 32.1. The summed E-state index contributed by atoms with van der Waals surface area (Å²) in [7, 11) is 0. The lowest BCUT2D eigenvalue weighted by molar-refractivity contribution is -0.136. The average Bonchev–Trinajstić information content (AvgIpc) is 3.20. The van der Waals surface area contributed by atoms with Gasteiger partial charge in [0.05, 0.1) is 0 Å². The molecule has 2 aromatic carbocycles. The van der Waals surface area contributed by atoms with Crippen molar-refractivity contribution in [2.45, 2.75) is 6.92 Å². The highest BCUT2D eigenvalue weighted by molar-refractivity contribution is 7.17. The van der Waals surface area contributed by atoms with Gasteiger partial charge < -0.3 is 19.3 Å². The Morgan fingerprint density at radius 3 is 2.69 bits per heavy atom. The van der Waals surface area contributed by atoms with Crippen molar-refractivity contribution in [1.82, 2.24) is 0 Å². The molecule has 0 spiro atoms. The molecule has 3 rings (SSSR count). The van der Waals surface area contributed by atoms with Crippen LogP contribution in [0.4, 0.5) is 0 Å². The van der Waals surface area contributed by atoms with Crippen molar-refractivity contribution in [2.24, 2.45) is 0 Å². The molecule has 0 aliphatic carbocycles. The van der Waals surface area contributed by atoms with Gasteiger partial charge in [0, 0.05) is 28.3 Å². The third-order valence-electron chi connectivity index (χ3n) is 4.00. The lowest BCUT2D eigenvalue weighted by Crippen LogP contribution is -2.12. The minimum Gasteiger partial charge on any atom is -0.508 e. The van der Waals surface area contributed by atoms with Gasteiger partial charge in [-0.15, -0.1) is 11.3 Å². The predicted molar refractivity (Wildman–Crippen MR) is 111 cm³/mol. The minimum atomic E-state index is -0.625. The Bertz CT molecular complexity index is 1020. The number of Topliss-reactive ketones (excluding diaryl/α,β-unsaturated/α-hetero) is 1. The normalized spacial score (nSPS) is 11.1. The maximum Gasteiger partial charge on any atom is 0.331 e. The van der Waals surface area contributed by atoms with Crippen molar-refractivity contribution in [1.29, 1.82) is 0 Å². The first-order valence-corrected chi connectivity index (χ1v) is 9.83. The third-order valence-corrected chi connectivity index (χ3v) is 4.87. The molecular weight excluding hydrogens is 392 g/mol. The number of thiophene rings is 1. The van der Waals surface area contributed by atoms with E-state index in [0.717, 1.165) is 15.6 Å². The molecule has 6 nitrogen and oxygen atoms in total. The summed E-state index contributed by atoms with van der Waals surface area (Å²) < 4.78 is 16.9. The van der Waals surface area contributed by atoms with Gasteiger partial charge in [0.2, 0.25) is 0 Å². The molecule has 0 aliphatic heterocycles. The fourth-order valence-corrected chi connectivity index (χ4v) is 3.39. The second-order valence-corrected chi connectivity index (χ2v) is 6.97. The van der Waals surface area contributed by atoms with E-state index in [1.807, 2.05) is 30.5 Å². The van der Waals surface area contributed by atoms with E-state index in [1.165, 1.54) is 30.3 Å². The number of carbonyl (C=O) groups excluding carboxylic acids is 2. The Hall–Kier alpha value is -3.16. The van der Waals surface area contributed by atoms with Crippen LogP contribution in [0.25, 0.3) is 16.2 Å². The van der Waals surface area contributed by atoms with E-state index in [9.17, 15) is 14.7 Å². The van der Waals surface area contributed by atoms with Crippen LogP contribution in [0.1, 0.15) is 22.8 Å². The number of hydrogen-bond donors (Lipinski definition) is 1. The van der Waals surface area contributed by atoms with E-state index >= 15 is 0 Å². The van der Waals surface area contributed by atoms with Crippen LogP contribution < -0.4 is 4.74 Å². The van der Waals surface area contributed by atoms with Gasteiger partial charge in [-0.3, -0.25) is 4.79 Å². The zero-order valence-corrected chi connectivity index (χ0v) is 16.6. The molecule has 0 saturated carbocycles. The van der Waals surface area contributed by atoms with Crippen molar-refractivity contribution in [3.63, 3.8) is 0 Å². The molecule has 3 aromatic rings. The molecule has 29 heavy (non-hydrogen) atoms. The quantitative estimate of drug-likeness (QED) is 0.184. The van der Waals surface area contributed by atoms with Crippen LogP contribution in [-0.2, 0) is 14.3 Å². The Labute approximate surface area is 171 Å². The molecule has 0 atom stereocenters. The Morgan fingerprint density at radius 2 is 1.93 bits per heavy atom. The number of hydrogen-bond acceptors (Lipinski definition) is 7. The summed E-state index contributed by atoms with van der Waals surface area (Å²) in [5, 5.41) is 12.2. The zero-order chi connectivity index (χ0) is 20.6. The molecule has 0 fully saturated rings. The third kappa shape index (κ3) is 5.66. The van der Waals surface area contributed by atoms with E-state index in [1.54, 1.807) is 17.4 Å². The second kappa shape index (κ2) is 9.86. The Morgan fingerprint density at radius 1 is 1.14 bits per heavy atom. The summed E-state index contributed by atoms with van der Waals surface area (Å²) in [6, 6.07) is 11.5. The number of benzene rings is 2. The van der Waals surface area contributed by atoms with Crippen LogP contribution in [0, 0.1) is 0 Å². The van der Waals surface area contributed by atoms with Crippen LogP contribution in [-0.4, -0.2) is 36.9 Å². The van der Waals surface area contributed by atoms with Gasteiger partial charge in [-0.25, -0.2) is 4.79 Å². The summed E-state index contributed by atoms with van der Waals surface area (Å²) in [5.74, 6) is -0.236. The number of ether oxygens (including phenoxy) is 3. The minimum absolute atomic E-state index is 0.0637. The van der Waals surface area contributed by atoms with Gasteiger partial charge in [-0.05, 0) is 66.4 Å². The van der Waals surface area contributed by atoms with E-state index in [-0.39, 0.29) is 24.9 Å². The predicted octanol–water partition coefficient (Wildman–Crippen LogP) is 4.42. The number of aromatic hydroxyl groups is 1. The van der Waals surface area contributed by atoms with E-state index in [4.69, 9.17) is 14.2 Å². The van der Waals surface area contributed by atoms with Crippen LogP contribution in [0.2, 0.25) is 0 Å². The Kier molecular flexibility index (Phi) is 6.99.